The zero-order valence-electron chi connectivity index (χ0n) is 21.7. The molecule has 2 aliphatic rings. The number of ketones is 1. The number of allylic oxidation sites excluding steroid dienone is 3. The lowest BCUT2D eigenvalue weighted by Gasteiger charge is -2.42. The maximum absolute atomic E-state index is 13.9. The number of nitrogens with two attached hydrogens (primary N) is 1. The Kier molecular flexibility index (Phi) is 7.24. The van der Waals surface area contributed by atoms with Crippen LogP contribution >= 0.6 is 23.1 Å². The summed E-state index contributed by atoms with van der Waals surface area (Å²) < 4.78 is 33.3. The molecule has 0 saturated heterocycles. The van der Waals surface area contributed by atoms with Gasteiger partial charge >= 0.3 is 0 Å². The minimum atomic E-state index is -0.880. The number of rotatable bonds is 6. The molecule has 0 saturated carbocycles. The van der Waals surface area contributed by atoms with Crippen LogP contribution < -0.4 is 16.0 Å². The van der Waals surface area contributed by atoms with Crippen molar-refractivity contribution in [2.45, 2.75) is 43.9 Å². The zero-order valence-corrected chi connectivity index (χ0v) is 23.4. The van der Waals surface area contributed by atoms with Crippen molar-refractivity contribution in [2.75, 3.05) is 16.0 Å². The number of benzene rings is 1. The molecule has 3 aromatic rings. The van der Waals surface area contributed by atoms with Gasteiger partial charge in [0.1, 0.15) is 29.0 Å². The van der Waals surface area contributed by atoms with Crippen LogP contribution in [0.1, 0.15) is 44.1 Å². The summed E-state index contributed by atoms with van der Waals surface area (Å²) in [5, 5.41) is 21.3. The number of anilines is 2. The highest BCUT2D eigenvalue weighted by Gasteiger charge is 2.46. The Morgan fingerprint density at radius 3 is 2.75 bits per heavy atom. The topological polar surface area (TPSA) is 138 Å². The van der Waals surface area contributed by atoms with Crippen molar-refractivity contribution >= 4 is 45.6 Å². The maximum Gasteiger partial charge on any atom is 0.234 e. The zero-order chi connectivity index (χ0) is 28.8. The summed E-state index contributed by atoms with van der Waals surface area (Å²) in [4.78, 5) is 27.5. The Bertz CT molecular complexity index is 1630. The molecule has 3 N–H and O–H groups in total. The highest BCUT2D eigenvalue weighted by atomic mass is 32.2. The molecule has 13 heteroatoms. The second kappa shape index (κ2) is 10.5. The molecule has 1 unspecified atom stereocenters. The molecule has 9 nitrogen and oxygen atoms in total. The predicted octanol–water partition coefficient (Wildman–Crippen LogP) is 5.39. The van der Waals surface area contributed by atoms with E-state index in [-0.39, 0.29) is 34.0 Å². The van der Waals surface area contributed by atoms with Crippen molar-refractivity contribution < 1.29 is 22.8 Å². The van der Waals surface area contributed by atoms with Gasteiger partial charge in [-0.2, -0.15) is 5.26 Å². The van der Waals surface area contributed by atoms with Gasteiger partial charge in [-0.25, -0.2) is 8.78 Å². The summed E-state index contributed by atoms with van der Waals surface area (Å²) >= 11 is 2.21. The first-order valence-electron chi connectivity index (χ1n) is 12.2. The fourth-order valence-electron chi connectivity index (χ4n) is 4.88. The lowest BCUT2D eigenvalue weighted by molar-refractivity contribution is -0.118. The van der Waals surface area contributed by atoms with Gasteiger partial charge in [0.2, 0.25) is 11.0 Å². The third-order valence-electron chi connectivity index (χ3n) is 6.55. The van der Waals surface area contributed by atoms with Gasteiger partial charge in [-0.3, -0.25) is 14.5 Å². The highest BCUT2D eigenvalue weighted by molar-refractivity contribution is 8.01. The molecule has 0 bridgehead atoms. The van der Waals surface area contributed by atoms with Crippen LogP contribution in [-0.4, -0.2) is 27.6 Å². The van der Waals surface area contributed by atoms with Crippen LogP contribution in [0.2, 0.25) is 0 Å². The Hall–Kier alpha value is -4.02. The number of aryl methyl sites for hydroxylation is 1. The van der Waals surface area contributed by atoms with Gasteiger partial charge in [-0.1, -0.05) is 36.9 Å². The van der Waals surface area contributed by atoms with Crippen LogP contribution in [0.3, 0.4) is 0 Å². The largest absolute Gasteiger partial charge is 0.465 e. The molecule has 0 radical (unpaired) electrons. The number of nitrogens with one attached hydrogen (secondary N) is 1. The number of furan rings is 1. The summed E-state index contributed by atoms with van der Waals surface area (Å²) in [7, 11) is 0. The average molecular weight is 583 g/mol. The van der Waals surface area contributed by atoms with Gasteiger partial charge in [0.15, 0.2) is 10.1 Å². The monoisotopic (exact) mass is 582 g/mol. The van der Waals surface area contributed by atoms with Crippen LogP contribution in [0.4, 0.5) is 19.6 Å². The summed E-state index contributed by atoms with van der Waals surface area (Å²) in [5.74, 6) is -1.84. The molecule has 206 valence electrons. The van der Waals surface area contributed by atoms with E-state index < -0.39 is 23.5 Å². The predicted molar refractivity (Wildman–Crippen MR) is 146 cm³/mol. The normalized spacial score (nSPS) is 18.6. The van der Waals surface area contributed by atoms with Gasteiger partial charge in [0.05, 0.1) is 29.0 Å². The number of carbonyl (C=O) groups excluding carboxylic acids is 2. The average Bonchev–Trinajstić information content (AvgIpc) is 3.52. The van der Waals surface area contributed by atoms with E-state index in [1.807, 2.05) is 13.8 Å². The second-order valence-corrected chi connectivity index (χ2v) is 12.4. The van der Waals surface area contributed by atoms with Crippen molar-refractivity contribution in [2.24, 2.45) is 11.1 Å². The summed E-state index contributed by atoms with van der Waals surface area (Å²) in [6.45, 7) is 5.76. The van der Waals surface area contributed by atoms with Crippen LogP contribution in [0.15, 0.2) is 61.8 Å². The smallest absolute Gasteiger partial charge is 0.234 e. The standard InChI is InChI=1S/C27H24F2N6O3S2/c1-13-4-7-20(38-13)22-15(11-30)24(31)35(18-9-27(2,3)10-19(36)23(18)22)25-33-34-26(40-25)39-12-21(37)32-17-6-5-14(28)8-16(17)29/h4-8,22H,9-10,12,31H2,1-3H3,(H,32,37). The molecule has 2 aromatic heterocycles. The van der Waals surface area contributed by atoms with Crippen LogP contribution in [0.5, 0.6) is 0 Å². The fraction of sp³-hybridized carbons (Fsp3) is 0.296. The van der Waals surface area contributed by atoms with Gasteiger partial charge in [0, 0.05) is 23.8 Å². The number of nitrogens with zero attached hydrogens (tertiary/aromatic N) is 4. The van der Waals surface area contributed by atoms with E-state index in [0.717, 1.165) is 35.2 Å². The number of hydrogen-bond donors (Lipinski definition) is 2. The van der Waals surface area contributed by atoms with Crippen molar-refractivity contribution in [1.29, 1.82) is 5.26 Å². The molecular formula is C27H24F2N6O3S2. The summed E-state index contributed by atoms with van der Waals surface area (Å²) in [5.41, 5.74) is 7.34. The molecule has 1 aliphatic heterocycles. The maximum atomic E-state index is 13.9. The van der Waals surface area contributed by atoms with E-state index in [2.05, 4.69) is 21.6 Å². The molecule has 1 aromatic carbocycles. The Balaban J connectivity index is 1.44. The van der Waals surface area contributed by atoms with Crippen LogP contribution in [0, 0.1) is 35.3 Å². The number of halogens is 2. The number of nitriles is 1. The van der Waals surface area contributed by atoms with Crippen molar-refractivity contribution in [3.05, 3.63) is 76.2 Å². The first-order valence-corrected chi connectivity index (χ1v) is 14.0. The van der Waals surface area contributed by atoms with Gasteiger partial charge in [0.25, 0.3) is 0 Å². The van der Waals surface area contributed by atoms with E-state index in [4.69, 9.17) is 10.2 Å². The number of aromatic nitrogens is 2. The van der Waals surface area contributed by atoms with Crippen LogP contribution in [0.25, 0.3) is 0 Å². The molecule has 1 aliphatic carbocycles. The Labute approximate surface area is 236 Å². The van der Waals surface area contributed by atoms with Crippen molar-refractivity contribution in [3.63, 3.8) is 0 Å². The number of thioether (sulfide) groups is 1. The Morgan fingerprint density at radius 2 is 2.08 bits per heavy atom. The minimum absolute atomic E-state index is 0.0978. The first-order chi connectivity index (χ1) is 19.0. The minimum Gasteiger partial charge on any atom is -0.465 e. The molecule has 0 spiro atoms. The lowest BCUT2D eigenvalue weighted by Crippen LogP contribution is -2.42. The molecule has 1 atom stereocenters. The Morgan fingerprint density at radius 1 is 1.30 bits per heavy atom. The van der Waals surface area contributed by atoms with E-state index in [1.54, 1.807) is 24.0 Å². The molecule has 3 heterocycles. The van der Waals surface area contributed by atoms with E-state index in [9.17, 15) is 23.6 Å². The number of hydrogen-bond acceptors (Lipinski definition) is 10. The molecule has 5 rings (SSSR count). The number of carbonyl (C=O) groups is 2. The summed E-state index contributed by atoms with van der Waals surface area (Å²) in [6.07, 6.45) is 0.798. The highest BCUT2D eigenvalue weighted by Crippen LogP contribution is 2.51. The molecule has 0 fully saturated rings. The second-order valence-electron chi connectivity index (χ2n) is 10.2. The number of amides is 1. The number of Topliss-reactive ketones (excluding diaryl/α,β-unsaturated/α-hetero) is 1. The molecule has 40 heavy (non-hydrogen) atoms. The van der Waals surface area contributed by atoms with Gasteiger partial charge < -0.3 is 15.5 Å². The van der Waals surface area contributed by atoms with Gasteiger partial charge in [-0.15, -0.1) is 10.2 Å². The summed E-state index contributed by atoms with van der Waals surface area (Å²) in [6, 6.07) is 8.58. The van der Waals surface area contributed by atoms with E-state index >= 15 is 0 Å². The molecule has 1 amide bonds. The third-order valence-corrected chi connectivity index (χ3v) is 8.59. The fourth-order valence-corrected chi connectivity index (χ4v) is 6.56. The molecular weight excluding hydrogens is 558 g/mol. The van der Waals surface area contributed by atoms with Crippen molar-refractivity contribution in [3.8, 4) is 6.07 Å². The third kappa shape index (κ3) is 5.24. The van der Waals surface area contributed by atoms with E-state index in [0.29, 0.717) is 51.2 Å². The van der Waals surface area contributed by atoms with E-state index in [1.165, 1.54) is 0 Å². The first kappa shape index (κ1) is 27.5. The quantitative estimate of drug-likeness (QED) is 0.366. The van der Waals surface area contributed by atoms with Crippen molar-refractivity contribution in [1.82, 2.24) is 10.2 Å². The van der Waals surface area contributed by atoms with Crippen LogP contribution in [-0.2, 0) is 9.59 Å². The SMILES string of the molecule is Cc1ccc(C2C(C#N)=C(N)N(c3nnc(SCC(=O)Nc4ccc(F)cc4F)s3)C3=C2C(=O)CC(C)(C)C3)o1. The van der Waals surface area contributed by atoms with Gasteiger partial charge in [-0.05, 0) is 43.0 Å². The lowest BCUT2D eigenvalue weighted by atomic mass is 9.69.